The van der Waals surface area contributed by atoms with E-state index in [2.05, 4.69) is 25.3 Å². The molecule has 0 fully saturated rings. The molecule has 2 aromatic carbocycles. The summed E-state index contributed by atoms with van der Waals surface area (Å²) in [5.41, 5.74) is 8.55. The number of methoxy groups -OCH3 is 1. The Balaban J connectivity index is 1.80. The first-order valence-electron chi connectivity index (χ1n) is 8.40. The lowest BCUT2D eigenvalue weighted by Gasteiger charge is -2.15. The van der Waals surface area contributed by atoms with Crippen LogP contribution in [0.25, 0.3) is 0 Å². The highest BCUT2D eigenvalue weighted by Gasteiger charge is 2.30. The second-order valence-corrected chi connectivity index (χ2v) is 6.01. The van der Waals surface area contributed by atoms with E-state index in [1.807, 2.05) is 25.1 Å². The third-order valence-electron chi connectivity index (χ3n) is 3.84. The van der Waals surface area contributed by atoms with Crippen LogP contribution in [0.1, 0.15) is 5.56 Å². The number of hydrogen-bond donors (Lipinski definition) is 3. The minimum absolute atomic E-state index is 0.228. The van der Waals surface area contributed by atoms with Gasteiger partial charge >= 0.3 is 6.36 Å². The first kappa shape index (κ1) is 20.1. The van der Waals surface area contributed by atoms with Crippen LogP contribution in [0.15, 0.2) is 48.8 Å². The maximum atomic E-state index is 12.3. The average molecular weight is 405 g/mol. The van der Waals surface area contributed by atoms with Gasteiger partial charge in [0.1, 0.15) is 23.5 Å². The molecule has 4 N–H and O–H groups in total. The lowest BCUT2D eigenvalue weighted by Crippen LogP contribution is -2.17. The zero-order valence-corrected chi connectivity index (χ0v) is 15.5. The number of benzene rings is 2. The molecule has 0 saturated heterocycles. The molecule has 7 nitrogen and oxygen atoms in total. The van der Waals surface area contributed by atoms with Crippen molar-refractivity contribution in [1.29, 1.82) is 0 Å². The highest BCUT2D eigenvalue weighted by Crippen LogP contribution is 2.33. The number of rotatable bonds is 6. The summed E-state index contributed by atoms with van der Waals surface area (Å²) in [4.78, 5) is 8.24. The second-order valence-electron chi connectivity index (χ2n) is 6.01. The predicted molar refractivity (Wildman–Crippen MR) is 104 cm³/mol. The summed E-state index contributed by atoms with van der Waals surface area (Å²) < 4.78 is 45.9. The Morgan fingerprint density at radius 3 is 2.24 bits per heavy atom. The number of ether oxygens (including phenoxy) is 2. The van der Waals surface area contributed by atoms with E-state index in [1.165, 1.54) is 30.6 Å². The van der Waals surface area contributed by atoms with E-state index in [0.717, 1.165) is 5.56 Å². The van der Waals surface area contributed by atoms with Gasteiger partial charge in [0.25, 0.3) is 0 Å². The van der Waals surface area contributed by atoms with Crippen LogP contribution >= 0.6 is 0 Å². The molecule has 29 heavy (non-hydrogen) atoms. The summed E-state index contributed by atoms with van der Waals surface area (Å²) in [6.45, 7) is 1.94. The number of aromatic nitrogens is 2. The molecule has 10 heteroatoms. The van der Waals surface area contributed by atoms with Gasteiger partial charge in [-0.2, -0.15) is 0 Å². The molecule has 3 rings (SSSR count). The Labute approximate surface area is 164 Å². The van der Waals surface area contributed by atoms with Crippen molar-refractivity contribution in [2.75, 3.05) is 23.5 Å². The lowest BCUT2D eigenvalue weighted by molar-refractivity contribution is -0.274. The van der Waals surface area contributed by atoms with Gasteiger partial charge in [-0.1, -0.05) is 6.07 Å². The van der Waals surface area contributed by atoms with Crippen LogP contribution in [0, 0.1) is 6.92 Å². The molecule has 0 radical (unpaired) electrons. The van der Waals surface area contributed by atoms with E-state index < -0.39 is 6.36 Å². The van der Waals surface area contributed by atoms with Gasteiger partial charge < -0.3 is 25.8 Å². The molecule has 0 bridgehead atoms. The monoisotopic (exact) mass is 405 g/mol. The molecular weight excluding hydrogens is 387 g/mol. The van der Waals surface area contributed by atoms with Gasteiger partial charge in [0, 0.05) is 5.69 Å². The number of anilines is 5. The molecule has 0 spiro atoms. The topological polar surface area (TPSA) is 94.3 Å². The Hall–Kier alpha value is -3.69. The highest BCUT2D eigenvalue weighted by atomic mass is 19.4. The number of nitrogens with one attached hydrogen (secondary N) is 2. The van der Waals surface area contributed by atoms with Crippen LogP contribution in [-0.4, -0.2) is 23.4 Å². The maximum Gasteiger partial charge on any atom is 0.573 e. The van der Waals surface area contributed by atoms with Gasteiger partial charge in [-0.05, 0) is 48.9 Å². The third-order valence-corrected chi connectivity index (χ3v) is 3.84. The van der Waals surface area contributed by atoms with Gasteiger partial charge in [-0.15, -0.1) is 13.2 Å². The van der Waals surface area contributed by atoms with Crippen molar-refractivity contribution in [3.8, 4) is 11.5 Å². The number of hydrogen-bond acceptors (Lipinski definition) is 7. The van der Waals surface area contributed by atoms with Crippen LogP contribution in [0.5, 0.6) is 11.5 Å². The van der Waals surface area contributed by atoms with Gasteiger partial charge in [-0.3, -0.25) is 0 Å². The Morgan fingerprint density at radius 1 is 0.966 bits per heavy atom. The molecule has 0 aliphatic heterocycles. The Bertz CT molecular complexity index is 994. The summed E-state index contributed by atoms with van der Waals surface area (Å²) in [6, 6.07) is 10.8. The second kappa shape index (κ2) is 8.13. The van der Waals surface area contributed by atoms with E-state index in [4.69, 9.17) is 10.5 Å². The molecule has 0 atom stereocenters. The van der Waals surface area contributed by atoms with Crippen molar-refractivity contribution < 1.29 is 22.6 Å². The molecule has 0 aliphatic carbocycles. The van der Waals surface area contributed by atoms with Crippen molar-refractivity contribution in [2.24, 2.45) is 0 Å². The van der Waals surface area contributed by atoms with E-state index in [0.29, 0.717) is 28.8 Å². The standard InChI is InChI=1S/C19H18F3N5O2/c1-11-3-8-15(28-2)14(9-11)27-18-16(23)17(24-10-25-18)26-12-4-6-13(7-5-12)29-19(20,21)22/h3-10H,23H2,1-2H3,(H2,24,25,26,27). The Kier molecular flexibility index (Phi) is 5.62. The Morgan fingerprint density at radius 2 is 1.62 bits per heavy atom. The largest absolute Gasteiger partial charge is 0.573 e. The molecule has 0 saturated carbocycles. The zero-order chi connectivity index (χ0) is 21.0. The third kappa shape index (κ3) is 5.18. The molecule has 0 amide bonds. The highest BCUT2D eigenvalue weighted by molar-refractivity contribution is 5.81. The van der Waals surface area contributed by atoms with Crippen LogP contribution in [0.4, 0.5) is 41.9 Å². The van der Waals surface area contributed by atoms with Crippen LogP contribution in [0.3, 0.4) is 0 Å². The quantitative estimate of drug-likeness (QED) is 0.544. The molecule has 0 aliphatic rings. The number of halogens is 3. The summed E-state index contributed by atoms with van der Waals surface area (Å²) in [5.74, 6) is 0.929. The van der Waals surface area contributed by atoms with E-state index in [9.17, 15) is 13.2 Å². The van der Waals surface area contributed by atoms with E-state index in [1.54, 1.807) is 7.11 Å². The fourth-order valence-corrected chi connectivity index (χ4v) is 2.52. The minimum atomic E-state index is -4.75. The normalized spacial score (nSPS) is 11.1. The van der Waals surface area contributed by atoms with Crippen molar-refractivity contribution in [2.45, 2.75) is 13.3 Å². The summed E-state index contributed by atoms with van der Waals surface area (Å²) >= 11 is 0. The summed E-state index contributed by atoms with van der Waals surface area (Å²) in [5, 5.41) is 6.05. The molecule has 0 unspecified atom stereocenters. The molecule has 1 heterocycles. The smallest absolute Gasteiger partial charge is 0.495 e. The number of nitrogens with two attached hydrogens (primary N) is 1. The number of nitrogen functional groups attached to an aromatic ring is 1. The zero-order valence-electron chi connectivity index (χ0n) is 15.5. The van der Waals surface area contributed by atoms with Gasteiger partial charge in [-0.25, -0.2) is 9.97 Å². The molecule has 152 valence electrons. The minimum Gasteiger partial charge on any atom is -0.495 e. The fourth-order valence-electron chi connectivity index (χ4n) is 2.52. The summed E-state index contributed by atoms with van der Waals surface area (Å²) in [6.07, 6.45) is -3.44. The molecule has 3 aromatic rings. The fraction of sp³-hybridized carbons (Fsp3) is 0.158. The average Bonchev–Trinajstić information content (AvgIpc) is 2.65. The lowest BCUT2D eigenvalue weighted by atomic mass is 10.2. The number of aryl methyl sites for hydroxylation is 1. The van der Waals surface area contributed by atoms with Gasteiger partial charge in [0.2, 0.25) is 0 Å². The van der Waals surface area contributed by atoms with Crippen LogP contribution < -0.4 is 25.8 Å². The van der Waals surface area contributed by atoms with Crippen molar-refractivity contribution >= 4 is 28.7 Å². The van der Waals surface area contributed by atoms with Gasteiger partial charge in [0.05, 0.1) is 12.8 Å². The number of nitrogens with zero attached hydrogens (tertiary/aromatic N) is 2. The van der Waals surface area contributed by atoms with Crippen molar-refractivity contribution in [1.82, 2.24) is 9.97 Å². The van der Waals surface area contributed by atoms with Gasteiger partial charge in [0.15, 0.2) is 11.6 Å². The SMILES string of the molecule is COc1ccc(C)cc1Nc1ncnc(Nc2ccc(OC(F)(F)F)cc2)c1N. The van der Waals surface area contributed by atoms with Crippen LogP contribution in [-0.2, 0) is 0 Å². The molecular formula is C19H18F3N5O2. The van der Waals surface area contributed by atoms with E-state index in [-0.39, 0.29) is 11.4 Å². The predicted octanol–water partition coefficient (Wildman–Crippen LogP) is 4.76. The van der Waals surface area contributed by atoms with Crippen LogP contribution in [0.2, 0.25) is 0 Å². The summed E-state index contributed by atoms with van der Waals surface area (Å²) in [7, 11) is 1.55. The first-order chi connectivity index (χ1) is 13.7. The maximum absolute atomic E-state index is 12.3. The number of alkyl halides is 3. The first-order valence-corrected chi connectivity index (χ1v) is 8.40. The van der Waals surface area contributed by atoms with E-state index >= 15 is 0 Å². The van der Waals surface area contributed by atoms with Crippen molar-refractivity contribution in [3.05, 3.63) is 54.4 Å². The molecule has 1 aromatic heterocycles. The van der Waals surface area contributed by atoms with Crippen molar-refractivity contribution in [3.63, 3.8) is 0 Å².